The quantitative estimate of drug-likeness (QED) is 0.272. The Morgan fingerprint density at radius 1 is 0.966 bits per heavy atom. The highest BCUT2D eigenvalue weighted by Crippen LogP contribution is 2.40. The molecule has 1 saturated carbocycles. The van der Waals surface area contributed by atoms with Crippen molar-refractivity contribution in [1.82, 2.24) is 0 Å². The number of phenolic OH excluding ortho intramolecular Hbond substituents is 1. The molecule has 0 saturated heterocycles. The number of rotatable bonds is 9. The molecule has 0 bridgehead atoms. The maximum atomic E-state index is 10.1. The molecule has 0 unspecified atom stereocenters. The van der Waals surface area contributed by atoms with Crippen LogP contribution in [0.5, 0.6) is 11.5 Å². The molecule has 0 aliphatic heterocycles. The van der Waals surface area contributed by atoms with E-state index in [-0.39, 0.29) is 5.75 Å². The zero-order valence-corrected chi connectivity index (χ0v) is 18.2. The van der Waals surface area contributed by atoms with E-state index in [9.17, 15) is 5.11 Å². The Hall–Kier alpha value is -2.00. The topological polar surface area (TPSA) is 38.7 Å². The summed E-state index contributed by atoms with van der Waals surface area (Å²) in [6.07, 6.45) is 11.7. The molecule has 1 fully saturated rings. The molecule has 2 aromatic rings. The summed E-state index contributed by atoms with van der Waals surface area (Å²) in [6, 6.07) is 12.4. The maximum absolute atomic E-state index is 10.1. The predicted molar refractivity (Wildman–Crippen MR) is 119 cm³/mol. The van der Waals surface area contributed by atoms with Crippen LogP contribution in [0.4, 0.5) is 0 Å². The molecule has 1 aliphatic rings. The minimum absolute atomic E-state index is 0.190. The van der Waals surface area contributed by atoms with Crippen molar-refractivity contribution in [2.75, 3.05) is 7.11 Å². The lowest BCUT2D eigenvalue weighted by atomic mass is 9.77. The number of hydrogen-bond donors (Lipinski definition) is 1. The normalized spacial score (nSPS) is 19.3. The second kappa shape index (κ2) is 10.7. The lowest BCUT2D eigenvalue weighted by Crippen LogP contribution is -2.13. The van der Waals surface area contributed by atoms with E-state index in [1.165, 1.54) is 64.0 Å². The molecule has 1 N–H and O–H groups in total. The van der Waals surface area contributed by atoms with Gasteiger partial charge < -0.3 is 9.99 Å². The predicted octanol–water partition coefficient (Wildman–Crippen LogP) is 7.42. The van der Waals surface area contributed by atoms with Gasteiger partial charge in [0.15, 0.2) is 5.75 Å². The molecule has 3 nitrogen and oxygen atoms in total. The summed E-state index contributed by atoms with van der Waals surface area (Å²) in [5.74, 6) is 2.40. The third kappa shape index (κ3) is 5.54. The Balaban J connectivity index is 1.70. The average Bonchev–Trinajstić information content (AvgIpc) is 2.74. The summed E-state index contributed by atoms with van der Waals surface area (Å²) in [6.45, 7) is 4.37. The summed E-state index contributed by atoms with van der Waals surface area (Å²) in [4.78, 5) is 10.1. The van der Waals surface area contributed by atoms with Crippen molar-refractivity contribution in [1.29, 1.82) is 0 Å². The summed E-state index contributed by atoms with van der Waals surface area (Å²) < 4.78 is 0. The first-order valence-corrected chi connectivity index (χ1v) is 11.3. The van der Waals surface area contributed by atoms with Crippen LogP contribution in [0.1, 0.15) is 82.3 Å². The van der Waals surface area contributed by atoms with Gasteiger partial charge in [0.1, 0.15) is 5.75 Å². The van der Waals surface area contributed by atoms with E-state index in [4.69, 9.17) is 9.78 Å². The van der Waals surface area contributed by atoms with Crippen LogP contribution in [-0.4, -0.2) is 12.2 Å². The Labute approximate surface area is 176 Å². The second-order valence-corrected chi connectivity index (χ2v) is 8.41. The monoisotopic (exact) mass is 396 g/mol. The van der Waals surface area contributed by atoms with Gasteiger partial charge in [0.2, 0.25) is 0 Å². The van der Waals surface area contributed by atoms with Crippen LogP contribution < -0.4 is 4.89 Å². The van der Waals surface area contributed by atoms with E-state index < -0.39 is 0 Å². The van der Waals surface area contributed by atoms with Gasteiger partial charge in [0.05, 0.1) is 7.11 Å². The van der Waals surface area contributed by atoms with Crippen molar-refractivity contribution in [3.05, 3.63) is 47.5 Å². The molecule has 0 heterocycles. The average molecular weight is 397 g/mol. The highest BCUT2D eigenvalue weighted by atomic mass is 17.2. The Morgan fingerprint density at radius 3 is 2.31 bits per heavy atom. The SMILES string of the molecule is CCCCCC1CCC(c2ccc(-c3cc(O)cc(OOC)c3CC)cc2)CC1. The second-order valence-electron chi connectivity index (χ2n) is 8.41. The molecule has 0 radical (unpaired) electrons. The lowest BCUT2D eigenvalue weighted by Gasteiger charge is -2.29. The molecular formula is C26H36O3. The van der Waals surface area contributed by atoms with Crippen molar-refractivity contribution in [3.8, 4) is 22.6 Å². The molecule has 1 aliphatic carbocycles. The van der Waals surface area contributed by atoms with Gasteiger partial charge >= 0.3 is 0 Å². The van der Waals surface area contributed by atoms with E-state index in [1.807, 2.05) is 6.07 Å². The lowest BCUT2D eigenvalue weighted by molar-refractivity contribution is -0.178. The van der Waals surface area contributed by atoms with Crippen molar-refractivity contribution in [2.24, 2.45) is 5.92 Å². The van der Waals surface area contributed by atoms with Gasteiger partial charge in [-0.3, -0.25) is 0 Å². The van der Waals surface area contributed by atoms with E-state index in [1.54, 1.807) is 6.07 Å². The standard InChI is InChI=1S/C26H36O3/c1-4-6-7-8-19-9-11-20(12-10-19)21-13-15-22(16-14-21)25-17-23(27)18-26(29-28-3)24(25)5-2/h13-20,27H,4-12H2,1-3H3. The van der Waals surface area contributed by atoms with Gasteiger partial charge in [0.25, 0.3) is 0 Å². The number of phenols is 1. The van der Waals surface area contributed by atoms with Gasteiger partial charge in [-0.15, -0.1) is 0 Å². The molecule has 0 amide bonds. The number of aromatic hydroxyl groups is 1. The minimum atomic E-state index is 0.190. The van der Waals surface area contributed by atoms with Gasteiger partial charge in [-0.2, -0.15) is 4.89 Å². The van der Waals surface area contributed by atoms with E-state index >= 15 is 0 Å². The Morgan fingerprint density at radius 2 is 1.69 bits per heavy atom. The summed E-state index contributed by atoms with van der Waals surface area (Å²) in [5, 5.41) is 10.1. The Kier molecular flexibility index (Phi) is 8.00. The minimum Gasteiger partial charge on any atom is -0.508 e. The van der Waals surface area contributed by atoms with Gasteiger partial charge in [-0.25, -0.2) is 0 Å². The smallest absolute Gasteiger partial charge is 0.172 e. The number of unbranched alkanes of at least 4 members (excludes halogenated alkanes) is 2. The van der Waals surface area contributed by atoms with Crippen molar-refractivity contribution in [3.63, 3.8) is 0 Å². The third-order valence-electron chi connectivity index (χ3n) is 6.48. The molecule has 29 heavy (non-hydrogen) atoms. The van der Waals surface area contributed by atoms with Crippen LogP contribution in [0.25, 0.3) is 11.1 Å². The number of benzene rings is 2. The van der Waals surface area contributed by atoms with Crippen LogP contribution in [0.2, 0.25) is 0 Å². The fraction of sp³-hybridized carbons (Fsp3) is 0.538. The zero-order chi connectivity index (χ0) is 20.6. The van der Waals surface area contributed by atoms with Crippen LogP contribution in [-0.2, 0) is 11.3 Å². The fourth-order valence-electron chi connectivity index (χ4n) is 4.82. The van der Waals surface area contributed by atoms with Crippen molar-refractivity contribution in [2.45, 2.75) is 77.6 Å². The molecule has 3 rings (SSSR count). The van der Waals surface area contributed by atoms with E-state index in [0.717, 1.165) is 29.0 Å². The molecule has 3 heteroatoms. The first-order chi connectivity index (χ1) is 14.2. The number of hydrogen-bond acceptors (Lipinski definition) is 3. The van der Waals surface area contributed by atoms with Crippen LogP contribution in [0, 0.1) is 5.92 Å². The molecular weight excluding hydrogens is 360 g/mol. The highest BCUT2D eigenvalue weighted by molar-refractivity contribution is 5.72. The van der Waals surface area contributed by atoms with Crippen molar-refractivity contribution >= 4 is 0 Å². The Bertz CT molecular complexity index is 758. The zero-order valence-electron chi connectivity index (χ0n) is 18.2. The highest BCUT2D eigenvalue weighted by Gasteiger charge is 2.22. The fourth-order valence-corrected chi connectivity index (χ4v) is 4.82. The molecule has 0 atom stereocenters. The maximum Gasteiger partial charge on any atom is 0.172 e. The molecule has 158 valence electrons. The van der Waals surface area contributed by atoms with Gasteiger partial charge in [0, 0.05) is 11.6 Å². The van der Waals surface area contributed by atoms with Crippen molar-refractivity contribution < 1.29 is 14.9 Å². The van der Waals surface area contributed by atoms with Gasteiger partial charge in [-0.1, -0.05) is 63.8 Å². The summed E-state index contributed by atoms with van der Waals surface area (Å²) in [5.41, 5.74) is 4.61. The summed E-state index contributed by atoms with van der Waals surface area (Å²) in [7, 11) is 1.48. The molecule has 0 spiro atoms. The largest absolute Gasteiger partial charge is 0.508 e. The molecule has 2 aromatic carbocycles. The first-order valence-electron chi connectivity index (χ1n) is 11.3. The van der Waals surface area contributed by atoms with E-state index in [2.05, 4.69) is 38.1 Å². The van der Waals surface area contributed by atoms with Crippen LogP contribution >= 0.6 is 0 Å². The summed E-state index contributed by atoms with van der Waals surface area (Å²) >= 11 is 0. The van der Waals surface area contributed by atoms with Crippen LogP contribution in [0.15, 0.2) is 36.4 Å². The van der Waals surface area contributed by atoms with Gasteiger partial charge in [-0.05, 0) is 66.7 Å². The molecule has 0 aromatic heterocycles. The van der Waals surface area contributed by atoms with E-state index in [0.29, 0.717) is 11.7 Å². The first kappa shape index (κ1) is 21.7. The third-order valence-corrected chi connectivity index (χ3v) is 6.48. The van der Waals surface area contributed by atoms with Crippen LogP contribution in [0.3, 0.4) is 0 Å².